The number of hydrogen-bond acceptors (Lipinski definition) is 1. The molecule has 222 valence electrons. The number of nitrogens with zero attached hydrogens (tertiary/aromatic N) is 1. The Labute approximate surface area is 235 Å². The van der Waals surface area contributed by atoms with Crippen LogP contribution < -0.4 is 0 Å². The van der Waals surface area contributed by atoms with Gasteiger partial charge in [0.25, 0.3) is 0 Å². The third kappa shape index (κ3) is 33.4. The van der Waals surface area contributed by atoms with E-state index in [9.17, 15) is 5.21 Å². The summed E-state index contributed by atoms with van der Waals surface area (Å²) in [4.78, 5) is 0. The zero-order valence-corrected chi connectivity index (χ0v) is 26.1. The average molecular weight is 522 g/mol. The summed E-state index contributed by atoms with van der Waals surface area (Å²) in [5.74, 6) is 0. The number of hydroxylamine groups is 1. The Morgan fingerprint density at radius 1 is 0.351 bits per heavy atom. The minimum absolute atomic E-state index is 0.705. The van der Waals surface area contributed by atoms with E-state index in [0.29, 0.717) is 6.54 Å². The van der Waals surface area contributed by atoms with Gasteiger partial charge in [-0.15, -0.1) is 0 Å². The monoisotopic (exact) mass is 522 g/mol. The topological polar surface area (TPSA) is 26.1 Å². The predicted molar refractivity (Wildman–Crippen MR) is 169 cm³/mol. The Bertz CT molecular complexity index is 433. The van der Waals surface area contributed by atoms with E-state index < -0.39 is 0 Å². The fourth-order valence-corrected chi connectivity index (χ4v) is 5.48. The molecule has 0 saturated heterocycles. The summed E-state index contributed by atoms with van der Waals surface area (Å²) in [7, 11) is 0. The van der Waals surface area contributed by atoms with Crippen LogP contribution in [0.1, 0.15) is 213 Å². The van der Waals surface area contributed by atoms with Crippen molar-refractivity contribution < 1.29 is 4.74 Å². The third-order valence-electron chi connectivity index (χ3n) is 8.12. The van der Waals surface area contributed by atoms with Gasteiger partial charge in [-0.1, -0.05) is 187 Å². The minimum atomic E-state index is 0.705. The molecule has 0 bridgehead atoms. The Morgan fingerprint density at radius 3 is 0.892 bits per heavy atom. The normalized spacial score (nSPS) is 12.0. The van der Waals surface area contributed by atoms with Gasteiger partial charge in [0, 0.05) is 12.8 Å². The molecule has 0 rings (SSSR count). The fraction of sp³-hybridized carbons (Fsp3) is 0.971. The molecule has 0 aromatic carbocycles. The average Bonchev–Trinajstić information content (AvgIpc) is 2.90. The van der Waals surface area contributed by atoms with Crippen LogP contribution in [0.15, 0.2) is 0 Å². The molecule has 0 amide bonds. The van der Waals surface area contributed by atoms with Crippen LogP contribution in [0, 0.1) is 5.21 Å². The molecule has 0 N–H and O–H groups in total. The van der Waals surface area contributed by atoms with Gasteiger partial charge in [-0.25, -0.2) is 4.74 Å². The molecule has 0 radical (unpaired) electrons. The highest BCUT2D eigenvalue weighted by molar-refractivity contribution is 5.50. The summed E-state index contributed by atoms with van der Waals surface area (Å²) in [5.41, 5.74) is 0. The van der Waals surface area contributed by atoms with E-state index in [1.807, 2.05) is 6.21 Å². The van der Waals surface area contributed by atoms with Gasteiger partial charge in [0.1, 0.15) is 0 Å². The Kier molecular flexibility index (Phi) is 33.0. The second kappa shape index (κ2) is 33.5. The SMILES string of the molecule is CCCCCCCCCCCCCCCCC/C=[N+](/[O-])CCCCCCCCCCCCCCCCC. The lowest BCUT2D eigenvalue weighted by molar-refractivity contribution is -0.454. The minimum Gasteiger partial charge on any atom is -0.624 e. The first-order chi connectivity index (χ1) is 18.3. The van der Waals surface area contributed by atoms with Crippen molar-refractivity contribution in [2.75, 3.05) is 6.54 Å². The Morgan fingerprint density at radius 2 is 0.595 bits per heavy atom. The van der Waals surface area contributed by atoms with Crippen molar-refractivity contribution in [3.8, 4) is 0 Å². The van der Waals surface area contributed by atoms with Crippen molar-refractivity contribution in [2.24, 2.45) is 0 Å². The van der Waals surface area contributed by atoms with Gasteiger partial charge in [-0.2, -0.15) is 0 Å². The van der Waals surface area contributed by atoms with Crippen molar-refractivity contribution in [3.05, 3.63) is 5.21 Å². The standard InChI is InChI=1S/C35H71NO/c1-3-5-7-9-11-13-15-17-19-21-23-25-27-29-31-33-35-36(37)34-32-30-28-26-24-22-20-18-16-14-12-10-8-6-4-2/h35H,3-34H2,1-2H3/b36-35+. The van der Waals surface area contributed by atoms with E-state index in [1.165, 1.54) is 191 Å². The van der Waals surface area contributed by atoms with Crippen LogP contribution in [-0.4, -0.2) is 17.5 Å². The zero-order valence-electron chi connectivity index (χ0n) is 26.1. The highest BCUT2D eigenvalue weighted by Gasteiger charge is 1.98. The van der Waals surface area contributed by atoms with Crippen LogP contribution in [0.25, 0.3) is 0 Å². The van der Waals surface area contributed by atoms with Gasteiger partial charge in [0.15, 0.2) is 12.8 Å². The molecule has 0 heterocycles. The van der Waals surface area contributed by atoms with Crippen LogP contribution in [0.2, 0.25) is 0 Å². The maximum absolute atomic E-state index is 12.0. The van der Waals surface area contributed by atoms with Crippen LogP contribution in [-0.2, 0) is 0 Å². The second-order valence-corrected chi connectivity index (χ2v) is 12.0. The van der Waals surface area contributed by atoms with Gasteiger partial charge in [0.05, 0.1) is 0 Å². The number of hydrogen-bond donors (Lipinski definition) is 0. The van der Waals surface area contributed by atoms with Crippen LogP contribution in [0.5, 0.6) is 0 Å². The van der Waals surface area contributed by atoms with Crippen molar-refractivity contribution >= 4 is 6.21 Å². The molecule has 0 spiro atoms. The van der Waals surface area contributed by atoms with E-state index in [0.717, 1.165) is 12.8 Å². The third-order valence-corrected chi connectivity index (χ3v) is 8.12. The zero-order chi connectivity index (χ0) is 26.9. The van der Waals surface area contributed by atoms with E-state index in [1.54, 1.807) is 0 Å². The van der Waals surface area contributed by atoms with Crippen molar-refractivity contribution in [1.29, 1.82) is 0 Å². The van der Waals surface area contributed by atoms with Gasteiger partial charge in [-0.05, 0) is 12.8 Å². The summed E-state index contributed by atoms with van der Waals surface area (Å²) in [6.07, 6.45) is 44.5. The lowest BCUT2D eigenvalue weighted by atomic mass is 10.0. The van der Waals surface area contributed by atoms with E-state index in [-0.39, 0.29) is 0 Å². The summed E-state index contributed by atoms with van der Waals surface area (Å²) in [5, 5.41) is 12.0. The number of unbranched alkanes of at least 4 members (excludes halogenated alkanes) is 29. The van der Waals surface area contributed by atoms with Crippen LogP contribution in [0.4, 0.5) is 0 Å². The van der Waals surface area contributed by atoms with Gasteiger partial charge >= 0.3 is 0 Å². The van der Waals surface area contributed by atoms with Gasteiger partial charge in [-0.3, -0.25) is 0 Å². The summed E-state index contributed by atoms with van der Waals surface area (Å²) in [6, 6.07) is 0. The Hall–Kier alpha value is -0.530. The van der Waals surface area contributed by atoms with Crippen LogP contribution in [0.3, 0.4) is 0 Å². The van der Waals surface area contributed by atoms with E-state index >= 15 is 0 Å². The van der Waals surface area contributed by atoms with Crippen molar-refractivity contribution in [2.45, 2.75) is 213 Å². The molecular weight excluding hydrogens is 450 g/mol. The fourth-order valence-electron chi connectivity index (χ4n) is 5.48. The largest absolute Gasteiger partial charge is 0.624 e. The van der Waals surface area contributed by atoms with E-state index in [4.69, 9.17) is 0 Å². The second-order valence-electron chi connectivity index (χ2n) is 12.0. The highest BCUT2D eigenvalue weighted by atomic mass is 16.5. The molecule has 0 aliphatic carbocycles. The maximum Gasteiger partial charge on any atom is 0.153 e. The summed E-state index contributed by atoms with van der Waals surface area (Å²) < 4.78 is 1.21. The van der Waals surface area contributed by atoms with Crippen molar-refractivity contribution in [3.63, 3.8) is 0 Å². The quantitative estimate of drug-likeness (QED) is 0.0284. The molecule has 0 aliphatic rings. The van der Waals surface area contributed by atoms with Crippen LogP contribution >= 0.6 is 0 Å². The molecule has 0 aromatic rings. The molecule has 2 heteroatoms. The van der Waals surface area contributed by atoms with Gasteiger partial charge in [0.2, 0.25) is 0 Å². The first-order valence-electron chi connectivity index (χ1n) is 17.6. The molecule has 0 fully saturated rings. The predicted octanol–water partition coefficient (Wildman–Crippen LogP) is 12.7. The molecule has 0 saturated carbocycles. The summed E-state index contributed by atoms with van der Waals surface area (Å²) >= 11 is 0. The lowest BCUT2D eigenvalue weighted by Gasteiger charge is -2.05. The molecule has 0 aliphatic heterocycles. The first kappa shape index (κ1) is 36.5. The van der Waals surface area contributed by atoms with Gasteiger partial charge < -0.3 is 5.21 Å². The lowest BCUT2D eigenvalue weighted by Crippen LogP contribution is -2.06. The first-order valence-corrected chi connectivity index (χ1v) is 17.6. The Balaban J connectivity index is 3.21. The van der Waals surface area contributed by atoms with E-state index in [2.05, 4.69) is 13.8 Å². The molecule has 0 aromatic heterocycles. The smallest absolute Gasteiger partial charge is 0.153 e. The molecular formula is C35H71NO. The molecule has 37 heavy (non-hydrogen) atoms. The molecule has 0 unspecified atom stereocenters. The summed E-state index contributed by atoms with van der Waals surface area (Å²) in [6.45, 7) is 5.29. The van der Waals surface area contributed by atoms with Crippen molar-refractivity contribution in [1.82, 2.24) is 0 Å². The maximum atomic E-state index is 12.0. The number of rotatable bonds is 32. The highest BCUT2D eigenvalue weighted by Crippen LogP contribution is 2.15. The molecule has 0 atom stereocenters. The molecule has 2 nitrogen and oxygen atoms in total.